The molecule has 0 saturated heterocycles. The Balaban J connectivity index is 2.41. The minimum absolute atomic E-state index is 0.257. The fraction of sp³-hybridized carbons (Fsp3) is 0.308. The van der Waals surface area contributed by atoms with Crippen LogP contribution in [0, 0.1) is 13.8 Å². The first-order valence-corrected chi connectivity index (χ1v) is 6.25. The van der Waals surface area contributed by atoms with E-state index in [-0.39, 0.29) is 6.04 Å². The van der Waals surface area contributed by atoms with Crippen LogP contribution in [0.25, 0.3) is 0 Å². The van der Waals surface area contributed by atoms with Crippen molar-refractivity contribution in [3.05, 3.63) is 51.5 Å². The molecule has 1 unspecified atom stereocenters. The van der Waals surface area contributed by atoms with Crippen LogP contribution in [0.1, 0.15) is 27.9 Å². The first kappa shape index (κ1) is 11.3. The molecule has 84 valence electrons. The summed E-state index contributed by atoms with van der Waals surface area (Å²) in [6.45, 7) is 4.09. The summed E-state index contributed by atoms with van der Waals surface area (Å²) in [5.41, 5.74) is 3.44. The average molecular weight is 232 g/mol. The maximum atomic E-state index is 4.52. The van der Waals surface area contributed by atoms with Crippen LogP contribution in [-0.2, 0) is 0 Å². The van der Waals surface area contributed by atoms with Crippen molar-refractivity contribution in [3.8, 4) is 0 Å². The second kappa shape index (κ2) is 4.76. The molecule has 0 aromatic carbocycles. The molecule has 0 fully saturated rings. The standard InChI is InChI=1S/C13H16N2S/c1-9-6-7-11(10(2)15-9)13(14-3)12-5-4-8-16-12/h4-8,13-14H,1-3H3. The second-order valence-electron chi connectivity index (χ2n) is 3.86. The molecule has 2 heterocycles. The van der Waals surface area contributed by atoms with E-state index in [1.165, 1.54) is 10.4 Å². The van der Waals surface area contributed by atoms with Crippen molar-refractivity contribution < 1.29 is 0 Å². The molecule has 0 radical (unpaired) electrons. The summed E-state index contributed by atoms with van der Waals surface area (Å²) in [4.78, 5) is 5.85. The minimum Gasteiger partial charge on any atom is -0.309 e. The Morgan fingerprint density at radius 3 is 2.62 bits per heavy atom. The van der Waals surface area contributed by atoms with Gasteiger partial charge < -0.3 is 5.32 Å². The largest absolute Gasteiger partial charge is 0.309 e. The van der Waals surface area contributed by atoms with Crippen LogP contribution >= 0.6 is 11.3 Å². The molecule has 0 bridgehead atoms. The highest BCUT2D eigenvalue weighted by molar-refractivity contribution is 7.10. The second-order valence-corrected chi connectivity index (χ2v) is 4.84. The van der Waals surface area contributed by atoms with Gasteiger partial charge in [0.25, 0.3) is 0 Å². The lowest BCUT2D eigenvalue weighted by Gasteiger charge is -2.17. The Labute approximate surface area is 100 Å². The number of thiophene rings is 1. The van der Waals surface area contributed by atoms with E-state index in [4.69, 9.17) is 0 Å². The van der Waals surface area contributed by atoms with Crippen LogP contribution in [0.2, 0.25) is 0 Å². The smallest absolute Gasteiger partial charge is 0.0686 e. The molecule has 2 rings (SSSR count). The molecule has 2 aromatic rings. The van der Waals surface area contributed by atoms with E-state index in [9.17, 15) is 0 Å². The molecule has 0 amide bonds. The molecule has 1 N–H and O–H groups in total. The molecule has 0 aliphatic carbocycles. The van der Waals surface area contributed by atoms with E-state index in [2.05, 4.69) is 46.9 Å². The summed E-state index contributed by atoms with van der Waals surface area (Å²) < 4.78 is 0. The topological polar surface area (TPSA) is 24.9 Å². The summed E-state index contributed by atoms with van der Waals surface area (Å²) in [6.07, 6.45) is 0. The van der Waals surface area contributed by atoms with Crippen LogP contribution in [0.15, 0.2) is 29.6 Å². The monoisotopic (exact) mass is 232 g/mol. The quantitative estimate of drug-likeness (QED) is 0.879. The fourth-order valence-electron chi connectivity index (χ4n) is 1.91. The number of hydrogen-bond acceptors (Lipinski definition) is 3. The zero-order chi connectivity index (χ0) is 11.5. The van der Waals surface area contributed by atoms with Crippen LogP contribution in [-0.4, -0.2) is 12.0 Å². The van der Waals surface area contributed by atoms with Gasteiger partial charge in [-0.1, -0.05) is 12.1 Å². The molecule has 1 atom stereocenters. The maximum Gasteiger partial charge on any atom is 0.0686 e. The summed E-state index contributed by atoms with van der Waals surface area (Å²) in [6, 6.07) is 8.73. The van der Waals surface area contributed by atoms with Crippen LogP contribution in [0.3, 0.4) is 0 Å². The molecule has 0 aliphatic heterocycles. The molecule has 16 heavy (non-hydrogen) atoms. The number of nitrogens with one attached hydrogen (secondary N) is 1. The van der Waals surface area contributed by atoms with E-state index < -0.39 is 0 Å². The molecule has 0 saturated carbocycles. The van der Waals surface area contributed by atoms with Gasteiger partial charge >= 0.3 is 0 Å². The third-order valence-corrected chi connectivity index (χ3v) is 3.63. The number of pyridine rings is 1. The number of aryl methyl sites for hydroxylation is 2. The zero-order valence-corrected chi connectivity index (χ0v) is 10.6. The van der Waals surface area contributed by atoms with Crippen molar-refractivity contribution in [1.82, 2.24) is 10.3 Å². The van der Waals surface area contributed by atoms with Gasteiger partial charge in [0.15, 0.2) is 0 Å². The lowest BCUT2D eigenvalue weighted by Crippen LogP contribution is -2.18. The van der Waals surface area contributed by atoms with Gasteiger partial charge in [0.1, 0.15) is 0 Å². The third-order valence-electron chi connectivity index (χ3n) is 2.69. The Bertz CT molecular complexity index is 463. The SMILES string of the molecule is CNC(c1cccs1)c1ccc(C)nc1C. The van der Waals surface area contributed by atoms with E-state index in [0.717, 1.165) is 11.4 Å². The van der Waals surface area contributed by atoms with Crippen molar-refractivity contribution in [2.45, 2.75) is 19.9 Å². The predicted molar refractivity (Wildman–Crippen MR) is 68.9 cm³/mol. The molecular formula is C13H16N2S. The van der Waals surface area contributed by atoms with Gasteiger partial charge in [-0.25, -0.2) is 0 Å². The highest BCUT2D eigenvalue weighted by Crippen LogP contribution is 2.27. The molecule has 2 aromatic heterocycles. The summed E-state index contributed by atoms with van der Waals surface area (Å²) >= 11 is 1.77. The first-order chi connectivity index (χ1) is 7.72. The van der Waals surface area contributed by atoms with Crippen molar-refractivity contribution >= 4 is 11.3 Å². The lowest BCUT2D eigenvalue weighted by molar-refractivity contribution is 0.693. The summed E-state index contributed by atoms with van der Waals surface area (Å²) in [5.74, 6) is 0. The third kappa shape index (κ3) is 2.15. The average Bonchev–Trinajstić information content (AvgIpc) is 2.75. The van der Waals surface area contributed by atoms with Crippen LogP contribution in [0.4, 0.5) is 0 Å². The summed E-state index contributed by atoms with van der Waals surface area (Å²) in [5, 5.41) is 5.46. The minimum atomic E-state index is 0.257. The van der Waals surface area contributed by atoms with Gasteiger partial charge in [-0.05, 0) is 44.0 Å². The van der Waals surface area contributed by atoms with Gasteiger partial charge in [-0.15, -0.1) is 11.3 Å². The van der Waals surface area contributed by atoms with E-state index >= 15 is 0 Å². The van der Waals surface area contributed by atoms with Crippen molar-refractivity contribution in [2.24, 2.45) is 0 Å². The molecule has 3 heteroatoms. The van der Waals surface area contributed by atoms with E-state index in [1.54, 1.807) is 11.3 Å². The Hall–Kier alpha value is -1.19. The summed E-state index contributed by atoms with van der Waals surface area (Å²) in [7, 11) is 1.99. The molecular weight excluding hydrogens is 216 g/mol. The van der Waals surface area contributed by atoms with Gasteiger partial charge in [0.05, 0.1) is 6.04 Å². The molecule has 0 spiro atoms. The normalized spacial score (nSPS) is 12.7. The van der Waals surface area contributed by atoms with Gasteiger partial charge in [-0.2, -0.15) is 0 Å². The van der Waals surface area contributed by atoms with E-state index in [1.807, 2.05) is 14.0 Å². The lowest BCUT2D eigenvalue weighted by atomic mass is 10.0. The number of hydrogen-bond donors (Lipinski definition) is 1. The Morgan fingerprint density at radius 1 is 1.25 bits per heavy atom. The van der Waals surface area contributed by atoms with Crippen molar-refractivity contribution in [1.29, 1.82) is 0 Å². The van der Waals surface area contributed by atoms with E-state index in [0.29, 0.717) is 0 Å². The fourth-order valence-corrected chi connectivity index (χ4v) is 2.76. The highest BCUT2D eigenvalue weighted by Gasteiger charge is 2.15. The van der Waals surface area contributed by atoms with Gasteiger partial charge in [-0.3, -0.25) is 4.98 Å². The van der Waals surface area contributed by atoms with Crippen LogP contribution < -0.4 is 5.32 Å². The van der Waals surface area contributed by atoms with Gasteiger partial charge in [0.2, 0.25) is 0 Å². The van der Waals surface area contributed by atoms with Gasteiger partial charge in [0, 0.05) is 16.3 Å². The highest BCUT2D eigenvalue weighted by atomic mass is 32.1. The van der Waals surface area contributed by atoms with Crippen molar-refractivity contribution in [3.63, 3.8) is 0 Å². The Morgan fingerprint density at radius 2 is 2.06 bits per heavy atom. The number of rotatable bonds is 3. The zero-order valence-electron chi connectivity index (χ0n) is 9.82. The number of aromatic nitrogens is 1. The molecule has 2 nitrogen and oxygen atoms in total. The predicted octanol–water partition coefficient (Wildman–Crippen LogP) is 3.07. The van der Waals surface area contributed by atoms with Crippen LogP contribution in [0.5, 0.6) is 0 Å². The maximum absolute atomic E-state index is 4.52. The Kier molecular flexibility index (Phi) is 3.36. The number of nitrogens with zero attached hydrogens (tertiary/aromatic N) is 1. The van der Waals surface area contributed by atoms with Crippen molar-refractivity contribution in [2.75, 3.05) is 7.05 Å². The molecule has 0 aliphatic rings. The first-order valence-electron chi connectivity index (χ1n) is 5.37.